The van der Waals surface area contributed by atoms with Crippen LogP contribution in [0.3, 0.4) is 0 Å². The van der Waals surface area contributed by atoms with Crippen LogP contribution in [0.15, 0.2) is 24.5 Å². The maximum absolute atomic E-state index is 11.3. The van der Waals surface area contributed by atoms with Crippen molar-refractivity contribution in [3.8, 4) is 0 Å². The van der Waals surface area contributed by atoms with Gasteiger partial charge in [0, 0.05) is 25.4 Å². The third-order valence-corrected chi connectivity index (χ3v) is 2.04. The van der Waals surface area contributed by atoms with Gasteiger partial charge >= 0.3 is 0 Å². The molecule has 0 unspecified atom stereocenters. The van der Waals surface area contributed by atoms with Gasteiger partial charge in [0.05, 0.1) is 0 Å². The molecule has 0 aliphatic carbocycles. The Kier molecular flexibility index (Phi) is 12.7. The molecule has 1 aromatic rings. The summed E-state index contributed by atoms with van der Waals surface area (Å²) in [5.74, 6) is 0.0918. The lowest BCUT2D eigenvalue weighted by molar-refractivity contribution is -0.121. The second kappa shape index (κ2) is 11.6. The predicted molar refractivity (Wildman–Crippen MR) is 73.7 cm³/mol. The average molecular weight is 280 g/mol. The van der Waals surface area contributed by atoms with Gasteiger partial charge in [-0.2, -0.15) is 0 Å². The second-order valence-corrected chi connectivity index (χ2v) is 3.35. The molecule has 0 fully saturated rings. The predicted octanol–water partition coefficient (Wildman–Crippen LogP) is 1.54. The summed E-state index contributed by atoms with van der Waals surface area (Å²) < 4.78 is 0. The van der Waals surface area contributed by atoms with Crippen LogP contribution in [-0.4, -0.2) is 24.5 Å². The molecule has 98 valence electrons. The van der Waals surface area contributed by atoms with E-state index in [0.29, 0.717) is 13.0 Å². The third-order valence-electron chi connectivity index (χ3n) is 2.04. The second-order valence-electron chi connectivity index (χ2n) is 3.35. The molecule has 1 heterocycles. The minimum Gasteiger partial charge on any atom is -0.352 e. The lowest BCUT2D eigenvalue weighted by Gasteiger charge is -2.04. The van der Waals surface area contributed by atoms with Gasteiger partial charge in [0.1, 0.15) is 0 Å². The van der Waals surface area contributed by atoms with Crippen molar-refractivity contribution in [2.45, 2.75) is 19.4 Å². The lowest BCUT2D eigenvalue weighted by atomic mass is 10.2. The van der Waals surface area contributed by atoms with E-state index in [1.807, 2.05) is 19.2 Å². The van der Waals surface area contributed by atoms with Crippen molar-refractivity contribution in [2.75, 3.05) is 13.6 Å². The molecular formula is C11H19Cl2N3O. The third kappa shape index (κ3) is 8.92. The fourth-order valence-corrected chi connectivity index (χ4v) is 1.22. The molecule has 2 N–H and O–H groups in total. The van der Waals surface area contributed by atoms with E-state index in [9.17, 15) is 4.79 Å². The smallest absolute Gasteiger partial charge is 0.220 e. The Morgan fingerprint density at radius 3 is 2.76 bits per heavy atom. The Hall–Kier alpha value is -0.840. The summed E-state index contributed by atoms with van der Waals surface area (Å²) in [7, 11) is 1.88. The molecule has 6 heteroatoms. The van der Waals surface area contributed by atoms with E-state index in [1.54, 1.807) is 12.4 Å². The van der Waals surface area contributed by atoms with Gasteiger partial charge in [0.15, 0.2) is 0 Å². The number of aromatic nitrogens is 1. The van der Waals surface area contributed by atoms with Crippen molar-refractivity contribution in [3.63, 3.8) is 0 Å². The van der Waals surface area contributed by atoms with Gasteiger partial charge in [0.25, 0.3) is 0 Å². The molecule has 4 nitrogen and oxygen atoms in total. The van der Waals surface area contributed by atoms with E-state index < -0.39 is 0 Å². The van der Waals surface area contributed by atoms with Gasteiger partial charge in [-0.3, -0.25) is 9.78 Å². The topological polar surface area (TPSA) is 54.0 Å². The van der Waals surface area contributed by atoms with Crippen LogP contribution in [0.1, 0.15) is 18.4 Å². The summed E-state index contributed by atoms with van der Waals surface area (Å²) in [6, 6.07) is 3.81. The molecule has 1 amide bonds. The molecule has 0 radical (unpaired) electrons. The van der Waals surface area contributed by atoms with E-state index in [4.69, 9.17) is 0 Å². The van der Waals surface area contributed by atoms with Gasteiger partial charge in [-0.05, 0) is 31.6 Å². The summed E-state index contributed by atoms with van der Waals surface area (Å²) in [5.41, 5.74) is 1.03. The molecule has 17 heavy (non-hydrogen) atoms. The van der Waals surface area contributed by atoms with Crippen molar-refractivity contribution in [2.24, 2.45) is 0 Å². The molecule has 0 atom stereocenters. The normalized spacial score (nSPS) is 8.76. The Balaban J connectivity index is 0. The number of rotatable bonds is 6. The van der Waals surface area contributed by atoms with E-state index in [-0.39, 0.29) is 30.7 Å². The van der Waals surface area contributed by atoms with Crippen molar-refractivity contribution >= 4 is 30.7 Å². The highest BCUT2D eigenvalue weighted by Crippen LogP contribution is 1.95. The van der Waals surface area contributed by atoms with Gasteiger partial charge in [-0.15, -0.1) is 24.8 Å². The van der Waals surface area contributed by atoms with Crippen LogP contribution in [0.2, 0.25) is 0 Å². The monoisotopic (exact) mass is 279 g/mol. The number of pyridine rings is 1. The van der Waals surface area contributed by atoms with E-state index >= 15 is 0 Å². The van der Waals surface area contributed by atoms with Crippen LogP contribution in [0.5, 0.6) is 0 Å². The van der Waals surface area contributed by atoms with Crippen molar-refractivity contribution < 1.29 is 4.79 Å². The number of carbonyl (C=O) groups is 1. The molecule has 0 aliphatic rings. The highest BCUT2D eigenvalue weighted by Gasteiger charge is 2.00. The van der Waals surface area contributed by atoms with Gasteiger partial charge in [0.2, 0.25) is 5.91 Å². The SMILES string of the molecule is CNCCCC(=O)NCc1cccnc1.Cl.Cl. The van der Waals surface area contributed by atoms with Crippen molar-refractivity contribution in [3.05, 3.63) is 30.1 Å². The van der Waals surface area contributed by atoms with Crippen molar-refractivity contribution in [1.29, 1.82) is 0 Å². The molecule has 0 spiro atoms. The van der Waals surface area contributed by atoms with Gasteiger partial charge < -0.3 is 10.6 Å². The molecule has 0 bridgehead atoms. The number of nitrogens with one attached hydrogen (secondary N) is 2. The zero-order valence-corrected chi connectivity index (χ0v) is 11.4. The quantitative estimate of drug-likeness (QED) is 0.777. The first-order chi connectivity index (χ1) is 7.33. The summed E-state index contributed by atoms with van der Waals surface area (Å²) in [6.07, 6.45) is 4.92. The van der Waals surface area contributed by atoms with E-state index in [0.717, 1.165) is 18.5 Å². The maximum atomic E-state index is 11.3. The zero-order valence-electron chi connectivity index (χ0n) is 9.81. The van der Waals surface area contributed by atoms with Crippen LogP contribution in [0.25, 0.3) is 0 Å². The average Bonchev–Trinajstić information content (AvgIpc) is 2.28. The van der Waals surface area contributed by atoms with Crippen LogP contribution in [0.4, 0.5) is 0 Å². The number of carbonyl (C=O) groups excluding carboxylic acids is 1. The Morgan fingerprint density at radius 2 is 2.18 bits per heavy atom. The highest BCUT2D eigenvalue weighted by molar-refractivity contribution is 5.85. The first kappa shape index (κ1) is 18.5. The van der Waals surface area contributed by atoms with Crippen molar-refractivity contribution in [1.82, 2.24) is 15.6 Å². The van der Waals surface area contributed by atoms with Gasteiger partial charge in [-0.25, -0.2) is 0 Å². The molecule has 1 rings (SSSR count). The maximum Gasteiger partial charge on any atom is 0.220 e. The number of nitrogens with zero attached hydrogens (tertiary/aromatic N) is 1. The zero-order chi connectivity index (χ0) is 10.9. The summed E-state index contributed by atoms with van der Waals surface area (Å²) in [4.78, 5) is 15.3. The van der Waals surface area contributed by atoms with E-state index in [1.165, 1.54) is 0 Å². The number of halogens is 2. The number of hydrogen-bond donors (Lipinski definition) is 2. The van der Waals surface area contributed by atoms with Gasteiger partial charge in [-0.1, -0.05) is 6.07 Å². The fraction of sp³-hybridized carbons (Fsp3) is 0.455. The number of amides is 1. The van der Waals surface area contributed by atoms with Crippen LogP contribution in [-0.2, 0) is 11.3 Å². The van der Waals surface area contributed by atoms with Crippen LogP contribution >= 0.6 is 24.8 Å². The molecule has 1 aromatic heterocycles. The first-order valence-electron chi connectivity index (χ1n) is 5.13. The molecule has 0 saturated carbocycles. The van der Waals surface area contributed by atoms with Crippen LogP contribution < -0.4 is 10.6 Å². The minimum absolute atomic E-state index is 0. The Labute approximate surface area is 114 Å². The van der Waals surface area contributed by atoms with Crippen LogP contribution in [0, 0.1) is 0 Å². The molecule has 0 saturated heterocycles. The first-order valence-corrected chi connectivity index (χ1v) is 5.13. The summed E-state index contributed by atoms with van der Waals surface area (Å²) in [6.45, 7) is 1.44. The minimum atomic E-state index is 0. The molecule has 0 aromatic carbocycles. The van der Waals surface area contributed by atoms with E-state index in [2.05, 4.69) is 15.6 Å². The standard InChI is InChI=1S/C11H17N3O.2ClH/c1-12-6-3-5-11(15)14-9-10-4-2-7-13-8-10;;/h2,4,7-8,12H,3,5-6,9H2,1H3,(H,14,15);2*1H. The highest BCUT2D eigenvalue weighted by atomic mass is 35.5. The Morgan fingerprint density at radius 1 is 1.41 bits per heavy atom. The molecular weight excluding hydrogens is 261 g/mol. The summed E-state index contributed by atoms with van der Waals surface area (Å²) in [5, 5.41) is 5.86. The largest absolute Gasteiger partial charge is 0.352 e. The number of hydrogen-bond acceptors (Lipinski definition) is 3. The fourth-order valence-electron chi connectivity index (χ4n) is 1.22. The lowest BCUT2D eigenvalue weighted by Crippen LogP contribution is -2.23. The summed E-state index contributed by atoms with van der Waals surface area (Å²) >= 11 is 0. The Bertz CT molecular complexity index is 296. The molecule has 0 aliphatic heterocycles.